The molecule has 0 bridgehead atoms. The van der Waals surface area contributed by atoms with Gasteiger partial charge in [-0.25, -0.2) is 8.78 Å². The molecule has 0 aliphatic rings. The molecule has 0 rings (SSSR count). The van der Waals surface area contributed by atoms with Crippen molar-refractivity contribution in [2.24, 2.45) is 35.5 Å². The molecule has 5 atom stereocenters. The molecule has 0 aromatic heterocycles. The smallest absolute Gasteiger partial charge is 0.0894 e. The quantitative estimate of drug-likeness (QED) is 0.131. The number of unbranched alkanes of at least 4 members (excludes halogenated alkanes) is 1. The molecule has 0 N–H and O–H groups in total. The van der Waals surface area contributed by atoms with Crippen LogP contribution in [0, 0.1) is 35.5 Å². The molecule has 0 aliphatic heterocycles. The van der Waals surface area contributed by atoms with E-state index in [0.717, 1.165) is 61.0 Å². The SMILES string of the molecule is C=C(/C=C/F)C(C)CCC(C)C(C)CCC(C)C.C=C(C)C(C)CCC(C)C(=C)/C=C/F.CCCCF. The van der Waals surface area contributed by atoms with Gasteiger partial charge in [-0.2, -0.15) is 0 Å². The highest BCUT2D eigenvalue weighted by atomic mass is 19.1. The Balaban J connectivity index is -0.000000539. The Bertz CT molecular complexity index is 627. The lowest BCUT2D eigenvalue weighted by Crippen LogP contribution is -2.11. The molecule has 0 aliphatic carbocycles. The van der Waals surface area contributed by atoms with Crippen LogP contribution in [0.15, 0.2) is 61.3 Å². The topological polar surface area (TPSA) is 0 Å². The molecule has 218 valence electrons. The van der Waals surface area contributed by atoms with Gasteiger partial charge in [0.1, 0.15) is 0 Å². The molecule has 0 aromatic carbocycles. The maximum atomic E-state index is 12.1. The zero-order valence-electron chi connectivity index (χ0n) is 25.9. The summed E-state index contributed by atoms with van der Waals surface area (Å²) in [5, 5.41) is 0. The maximum absolute atomic E-state index is 12.1. The fourth-order valence-electron chi connectivity index (χ4n) is 3.42. The van der Waals surface area contributed by atoms with Crippen molar-refractivity contribution < 1.29 is 13.2 Å². The molecule has 0 saturated carbocycles. The van der Waals surface area contributed by atoms with Crippen molar-refractivity contribution in [3.05, 3.63) is 61.3 Å². The van der Waals surface area contributed by atoms with Crippen LogP contribution in [0.25, 0.3) is 0 Å². The molecule has 0 spiro atoms. The van der Waals surface area contributed by atoms with Gasteiger partial charge >= 0.3 is 0 Å². The predicted octanol–water partition coefficient (Wildman–Crippen LogP) is 12.6. The molecule has 0 heterocycles. The Morgan fingerprint density at radius 3 is 1.32 bits per heavy atom. The van der Waals surface area contributed by atoms with E-state index in [0.29, 0.717) is 30.4 Å². The summed E-state index contributed by atoms with van der Waals surface area (Å²) in [6.45, 7) is 31.1. The monoisotopic (exact) mass is 526 g/mol. The summed E-state index contributed by atoms with van der Waals surface area (Å²) in [4.78, 5) is 0. The van der Waals surface area contributed by atoms with Gasteiger partial charge in [0.15, 0.2) is 0 Å². The first kappa shape index (κ1) is 40.0. The minimum Gasteiger partial charge on any atom is -0.251 e. The lowest BCUT2D eigenvalue weighted by Gasteiger charge is -2.22. The van der Waals surface area contributed by atoms with E-state index in [1.807, 2.05) is 13.8 Å². The van der Waals surface area contributed by atoms with Crippen molar-refractivity contribution >= 4 is 0 Å². The Hall–Kier alpha value is -1.51. The summed E-state index contributed by atoms with van der Waals surface area (Å²) >= 11 is 0. The standard InChI is InChI=1S/C17H31F.C13H21F.C4H9F/c1-13(2)7-8-14(3)15(4)9-10-16(5)17(6)11-12-18;1-10(2)11(3)6-7-12(4)13(5)8-9-14;1-2-3-4-5/h11-16H,6-10H2,1-5H3;8-9,11-12H,1,5-7H2,2-4H3;2-4H2,1H3/b12-11+;9-8+;. The number of rotatable bonds is 17. The molecular formula is C34H61F3. The van der Waals surface area contributed by atoms with Gasteiger partial charge in [-0.1, -0.05) is 111 Å². The molecule has 5 unspecified atom stereocenters. The second-order valence-electron chi connectivity index (χ2n) is 11.4. The average molecular weight is 527 g/mol. The summed E-state index contributed by atoms with van der Waals surface area (Å²) in [6, 6.07) is 0. The van der Waals surface area contributed by atoms with Gasteiger partial charge in [-0.3, -0.25) is 4.39 Å². The van der Waals surface area contributed by atoms with E-state index in [-0.39, 0.29) is 6.67 Å². The fraction of sp³-hybridized carbons (Fsp3) is 0.706. The summed E-state index contributed by atoms with van der Waals surface area (Å²) in [5.74, 6) is 3.60. The van der Waals surface area contributed by atoms with Crippen molar-refractivity contribution in [3.8, 4) is 0 Å². The van der Waals surface area contributed by atoms with E-state index in [1.165, 1.54) is 37.0 Å². The van der Waals surface area contributed by atoms with Crippen molar-refractivity contribution in [3.63, 3.8) is 0 Å². The zero-order valence-corrected chi connectivity index (χ0v) is 25.9. The summed E-state index contributed by atoms with van der Waals surface area (Å²) in [5.41, 5.74) is 2.98. The normalized spacial score (nSPS) is 15.3. The van der Waals surface area contributed by atoms with E-state index in [4.69, 9.17) is 0 Å². The first-order chi connectivity index (χ1) is 17.3. The van der Waals surface area contributed by atoms with Crippen LogP contribution in [0.3, 0.4) is 0 Å². The number of hydrogen-bond donors (Lipinski definition) is 0. The minimum atomic E-state index is -0.156. The van der Waals surface area contributed by atoms with Crippen LogP contribution in [-0.2, 0) is 0 Å². The first-order valence-electron chi connectivity index (χ1n) is 14.4. The molecule has 0 nitrogen and oxygen atoms in total. The van der Waals surface area contributed by atoms with Gasteiger partial charge < -0.3 is 0 Å². The number of alkyl halides is 1. The van der Waals surface area contributed by atoms with E-state index < -0.39 is 0 Å². The van der Waals surface area contributed by atoms with Crippen LogP contribution < -0.4 is 0 Å². The van der Waals surface area contributed by atoms with Crippen LogP contribution in [0.2, 0.25) is 0 Å². The summed E-state index contributed by atoms with van der Waals surface area (Å²) in [6.07, 6.45) is 12.8. The summed E-state index contributed by atoms with van der Waals surface area (Å²) in [7, 11) is 0. The zero-order chi connectivity index (χ0) is 29.4. The Morgan fingerprint density at radius 1 is 0.649 bits per heavy atom. The van der Waals surface area contributed by atoms with E-state index in [9.17, 15) is 13.2 Å². The van der Waals surface area contributed by atoms with Gasteiger partial charge in [-0.15, -0.1) is 0 Å². The van der Waals surface area contributed by atoms with Gasteiger partial charge in [0.05, 0.1) is 19.3 Å². The Morgan fingerprint density at radius 2 is 1.03 bits per heavy atom. The van der Waals surface area contributed by atoms with Crippen molar-refractivity contribution in [1.29, 1.82) is 0 Å². The molecule has 0 fully saturated rings. The second-order valence-corrected chi connectivity index (χ2v) is 11.4. The van der Waals surface area contributed by atoms with Gasteiger partial charge in [0.25, 0.3) is 0 Å². The largest absolute Gasteiger partial charge is 0.251 e. The van der Waals surface area contributed by atoms with E-state index in [2.05, 4.69) is 68.2 Å². The third-order valence-corrected chi connectivity index (χ3v) is 7.41. The Labute approximate surface area is 230 Å². The molecule has 37 heavy (non-hydrogen) atoms. The molecule has 0 saturated heterocycles. The second kappa shape index (κ2) is 26.1. The van der Waals surface area contributed by atoms with Crippen molar-refractivity contribution in [2.45, 2.75) is 114 Å². The lowest BCUT2D eigenvalue weighted by molar-refractivity contribution is 0.306. The number of allylic oxidation sites excluding steroid dienone is 5. The highest BCUT2D eigenvalue weighted by Gasteiger charge is 2.14. The van der Waals surface area contributed by atoms with E-state index in [1.54, 1.807) is 0 Å². The molecule has 0 amide bonds. The molecule has 3 heteroatoms. The van der Waals surface area contributed by atoms with Crippen LogP contribution in [0.1, 0.15) is 114 Å². The fourth-order valence-corrected chi connectivity index (χ4v) is 3.42. The third-order valence-electron chi connectivity index (χ3n) is 7.41. The molecule has 0 radical (unpaired) electrons. The number of hydrogen-bond acceptors (Lipinski definition) is 0. The van der Waals surface area contributed by atoms with E-state index >= 15 is 0 Å². The van der Waals surface area contributed by atoms with Gasteiger partial charge in [0.2, 0.25) is 0 Å². The van der Waals surface area contributed by atoms with Crippen molar-refractivity contribution in [1.82, 2.24) is 0 Å². The lowest BCUT2D eigenvalue weighted by atomic mass is 9.84. The molecule has 0 aromatic rings. The Kier molecular flexibility index (Phi) is 28.2. The highest BCUT2D eigenvalue weighted by Crippen LogP contribution is 2.27. The van der Waals surface area contributed by atoms with Crippen LogP contribution >= 0.6 is 0 Å². The predicted molar refractivity (Wildman–Crippen MR) is 163 cm³/mol. The first-order valence-corrected chi connectivity index (χ1v) is 14.4. The third kappa shape index (κ3) is 25.9. The minimum absolute atomic E-state index is 0.156. The maximum Gasteiger partial charge on any atom is 0.0894 e. The molecular weight excluding hydrogens is 465 g/mol. The van der Waals surface area contributed by atoms with Crippen LogP contribution in [0.5, 0.6) is 0 Å². The van der Waals surface area contributed by atoms with Gasteiger partial charge in [0, 0.05) is 0 Å². The average Bonchev–Trinajstić information content (AvgIpc) is 2.85. The highest BCUT2D eigenvalue weighted by molar-refractivity contribution is 5.16. The van der Waals surface area contributed by atoms with Gasteiger partial charge in [-0.05, 0) is 86.7 Å². The van der Waals surface area contributed by atoms with Crippen LogP contribution in [0.4, 0.5) is 13.2 Å². The van der Waals surface area contributed by atoms with Crippen molar-refractivity contribution in [2.75, 3.05) is 6.67 Å². The summed E-state index contributed by atoms with van der Waals surface area (Å²) < 4.78 is 34.9. The van der Waals surface area contributed by atoms with Crippen LogP contribution in [-0.4, -0.2) is 6.67 Å². The number of halogens is 3.